The van der Waals surface area contributed by atoms with Crippen LogP contribution in [0.15, 0.2) is 18.3 Å². The van der Waals surface area contributed by atoms with Crippen molar-refractivity contribution in [2.45, 2.75) is 25.5 Å². The van der Waals surface area contributed by atoms with Gasteiger partial charge in [0.1, 0.15) is 5.82 Å². The summed E-state index contributed by atoms with van der Waals surface area (Å²) < 4.78 is 0. The van der Waals surface area contributed by atoms with E-state index < -0.39 is 0 Å². The van der Waals surface area contributed by atoms with Crippen LogP contribution in [-0.4, -0.2) is 34.9 Å². The molecule has 0 saturated carbocycles. The number of carbonyl (C=O) groups is 1. The second kappa shape index (κ2) is 5.54. The molecule has 0 amide bonds. The molecule has 1 aliphatic rings. The van der Waals surface area contributed by atoms with Gasteiger partial charge in [0.2, 0.25) is 0 Å². The Bertz CT molecular complexity index is 408. The van der Waals surface area contributed by atoms with Crippen molar-refractivity contribution in [1.82, 2.24) is 4.98 Å². The van der Waals surface area contributed by atoms with E-state index in [0.29, 0.717) is 5.25 Å². The van der Waals surface area contributed by atoms with Crippen LogP contribution in [0.1, 0.15) is 30.6 Å². The quantitative estimate of drug-likeness (QED) is 0.772. The highest BCUT2D eigenvalue weighted by molar-refractivity contribution is 8.00. The topological polar surface area (TPSA) is 33.2 Å². The summed E-state index contributed by atoms with van der Waals surface area (Å²) in [5, 5.41) is 0.658. The number of Topliss-reactive ketones (excluding diaryl/α,β-unsaturated/α-hetero) is 1. The van der Waals surface area contributed by atoms with E-state index in [1.807, 2.05) is 23.9 Å². The average Bonchev–Trinajstić information content (AvgIpc) is 2.39. The van der Waals surface area contributed by atoms with Gasteiger partial charge in [0.05, 0.1) is 5.56 Å². The molecule has 0 radical (unpaired) electrons. The van der Waals surface area contributed by atoms with Crippen LogP contribution >= 0.6 is 11.8 Å². The standard InChI is InChI=1S/C13H18N2OS/c1-3-11-9-15(7-8-17-11)13-12(10(2)16)5-4-6-14-13/h4-6,11H,3,7-9H2,1-2H3. The normalized spacial score (nSPS) is 20.4. The third-order valence-electron chi connectivity index (χ3n) is 3.06. The third kappa shape index (κ3) is 2.80. The van der Waals surface area contributed by atoms with Crippen molar-refractivity contribution in [3.63, 3.8) is 0 Å². The molecule has 0 aromatic carbocycles. The molecule has 0 spiro atoms. The zero-order chi connectivity index (χ0) is 12.3. The van der Waals surface area contributed by atoms with Gasteiger partial charge in [-0.3, -0.25) is 4.79 Å². The largest absolute Gasteiger partial charge is 0.354 e. The van der Waals surface area contributed by atoms with Crippen molar-refractivity contribution in [2.24, 2.45) is 0 Å². The van der Waals surface area contributed by atoms with Crippen molar-refractivity contribution < 1.29 is 4.79 Å². The van der Waals surface area contributed by atoms with E-state index in [1.165, 1.54) is 6.42 Å². The van der Waals surface area contributed by atoms with Crippen LogP contribution in [0.3, 0.4) is 0 Å². The fourth-order valence-electron chi connectivity index (χ4n) is 2.08. The van der Waals surface area contributed by atoms with Gasteiger partial charge >= 0.3 is 0 Å². The molecule has 1 aromatic heterocycles. The van der Waals surface area contributed by atoms with Gasteiger partial charge in [-0.05, 0) is 25.5 Å². The molecule has 1 fully saturated rings. The molecular weight excluding hydrogens is 232 g/mol. The van der Waals surface area contributed by atoms with Crippen LogP contribution in [0.4, 0.5) is 5.82 Å². The number of ketones is 1. The number of rotatable bonds is 3. The van der Waals surface area contributed by atoms with E-state index in [0.717, 1.165) is 30.2 Å². The van der Waals surface area contributed by atoms with Crippen LogP contribution in [0.5, 0.6) is 0 Å². The SMILES string of the molecule is CCC1CN(c2ncccc2C(C)=O)CCS1. The minimum atomic E-state index is 0.0966. The van der Waals surface area contributed by atoms with E-state index in [4.69, 9.17) is 0 Å². The fourth-order valence-corrected chi connectivity index (χ4v) is 3.26. The molecule has 1 aliphatic heterocycles. The lowest BCUT2D eigenvalue weighted by atomic mass is 10.1. The van der Waals surface area contributed by atoms with Gasteiger partial charge in [-0.1, -0.05) is 6.92 Å². The molecule has 2 heterocycles. The number of hydrogen-bond donors (Lipinski definition) is 0. The van der Waals surface area contributed by atoms with E-state index in [9.17, 15) is 4.79 Å². The molecule has 0 bridgehead atoms. The number of nitrogens with zero attached hydrogens (tertiary/aromatic N) is 2. The number of thioether (sulfide) groups is 1. The lowest BCUT2D eigenvalue weighted by molar-refractivity contribution is 0.101. The second-order valence-electron chi connectivity index (χ2n) is 4.28. The molecule has 3 nitrogen and oxygen atoms in total. The Morgan fingerprint density at radius 2 is 2.47 bits per heavy atom. The molecule has 17 heavy (non-hydrogen) atoms. The summed E-state index contributed by atoms with van der Waals surface area (Å²) in [4.78, 5) is 18.2. The van der Waals surface area contributed by atoms with Gasteiger partial charge in [-0.15, -0.1) is 0 Å². The average molecular weight is 250 g/mol. The molecule has 0 N–H and O–H groups in total. The predicted octanol–water partition coefficient (Wildman–Crippen LogP) is 2.62. The Kier molecular flexibility index (Phi) is 4.05. The Balaban J connectivity index is 2.24. The molecule has 1 atom stereocenters. The van der Waals surface area contributed by atoms with Crippen molar-refractivity contribution >= 4 is 23.4 Å². The first kappa shape index (κ1) is 12.4. The van der Waals surface area contributed by atoms with Crippen LogP contribution < -0.4 is 4.90 Å². The first-order chi connectivity index (χ1) is 8.22. The minimum Gasteiger partial charge on any atom is -0.354 e. The summed E-state index contributed by atoms with van der Waals surface area (Å²) in [6.45, 7) is 5.80. The summed E-state index contributed by atoms with van der Waals surface area (Å²) >= 11 is 2.02. The number of aromatic nitrogens is 1. The molecular formula is C13H18N2OS. The summed E-state index contributed by atoms with van der Waals surface area (Å²) in [6, 6.07) is 3.70. The van der Waals surface area contributed by atoms with Gasteiger partial charge in [0, 0.05) is 30.3 Å². The number of pyridine rings is 1. The smallest absolute Gasteiger partial charge is 0.163 e. The molecule has 1 saturated heterocycles. The maximum atomic E-state index is 11.6. The summed E-state index contributed by atoms with van der Waals surface area (Å²) in [6.07, 6.45) is 2.94. The van der Waals surface area contributed by atoms with Gasteiger partial charge in [-0.25, -0.2) is 4.98 Å². The molecule has 1 unspecified atom stereocenters. The number of carbonyl (C=O) groups excluding carboxylic acids is 1. The van der Waals surface area contributed by atoms with Gasteiger partial charge in [0.15, 0.2) is 5.78 Å². The maximum absolute atomic E-state index is 11.6. The maximum Gasteiger partial charge on any atom is 0.163 e. The first-order valence-electron chi connectivity index (χ1n) is 6.05. The molecule has 4 heteroatoms. The van der Waals surface area contributed by atoms with Crippen LogP contribution in [0, 0.1) is 0 Å². The Morgan fingerprint density at radius 1 is 1.65 bits per heavy atom. The van der Waals surface area contributed by atoms with Crippen molar-refractivity contribution in [3.05, 3.63) is 23.9 Å². The summed E-state index contributed by atoms with van der Waals surface area (Å²) in [5.74, 6) is 2.07. The lowest BCUT2D eigenvalue weighted by Gasteiger charge is -2.33. The number of hydrogen-bond acceptors (Lipinski definition) is 4. The molecule has 1 aromatic rings. The van der Waals surface area contributed by atoms with Crippen LogP contribution in [0.2, 0.25) is 0 Å². The first-order valence-corrected chi connectivity index (χ1v) is 7.09. The highest BCUT2D eigenvalue weighted by atomic mass is 32.2. The Morgan fingerprint density at radius 3 is 3.18 bits per heavy atom. The van der Waals surface area contributed by atoms with Crippen molar-refractivity contribution in [2.75, 3.05) is 23.7 Å². The zero-order valence-corrected chi connectivity index (χ0v) is 11.2. The van der Waals surface area contributed by atoms with Crippen molar-refractivity contribution in [1.29, 1.82) is 0 Å². The second-order valence-corrected chi connectivity index (χ2v) is 5.69. The van der Waals surface area contributed by atoms with Gasteiger partial charge in [0.25, 0.3) is 0 Å². The highest BCUT2D eigenvalue weighted by Gasteiger charge is 2.22. The van der Waals surface area contributed by atoms with Crippen LogP contribution in [-0.2, 0) is 0 Å². The predicted molar refractivity (Wildman–Crippen MR) is 73.0 cm³/mol. The Hall–Kier alpha value is -1.03. The fraction of sp³-hybridized carbons (Fsp3) is 0.538. The zero-order valence-electron chi connectivity index (χ0n) is 10.3. The van der Waals surface area contributed by atoms with E-state index in [1.54, 1.807) is 13.1 Å². The van der Waals surface area contributed by atoms with E-state index >= 15 is 0 Å². The number of anilines is 1. The molecule has 92 valence electrons. The summed E-state index contributed by atoms with van der Waals surface area (Å²) in [5.41, 5.74) is 0.745. The highest BCUT2D eigenvalue weighted by Crippen LogP contribution is 2.26. The van der Waals surface area contributed by atoms with Gasteiger partial charge in [-0.2, -0.15) is 11.8 Å². The summed E-state index contributed by atoms with van der Waals surface area (Å²) in [7, 11) is 0. The monoisotopic (exact) mass is 250 g/mol. The third-order valence-corrected chi connectivity index (χ3v) is 4.43. The minimum absolute atomic E-state index is 0.0966. The van der Waals surface area contributed by atoms with E-state index in [2.05, 4.69) is 16.8 Å². The Labute approximate surface area is 107 Å². The van der Waals surface area contributed by atoms with Crippen LogP contribution in [0.25, 0.3) is 0 Å². The van der Waals surface area contributed by atoms with E-state index in [-0.39, 0.29) is 5.78 Å². The van der Waals surface area contributed by atoms with Gasteiger partial charge < -0.3 is 4.90 Å². The molecule has 0 aliphatic carbocycles. The van der Waals surface area contributed by atoms with Crippen molar-refractivity contribution in [3.8, 4) is 0 Å². The molecule has 2 rings (SSSR count). The lowest BCUT2D eigenvalue weighted by Crippen LogP contribution is -2.38.